The first-order valence-electron chi connectivity index (χ1n) is 5.76. The van der Waals surface area contributed by atoms with E-state index in [1.807, 2.05) is 0 Å². The molecule has 1 atom stereocenters. The Morgan fingerprint density at radius 1 is 1.42 bits per heavy atom. The summed E-state index contributed by atoms with van der Waals surface area (Å²) in [6, 6.07) is 1.66. The Hall–Kier alpha value is -0.530. The molecule has 0 spiro atoms. The van der Waals surface area contributed by atoms with Gasteiger partial charge in [-0.05, 0) is 12.5 Å². The van der Waals surface area contributed by atoms with E-state index in [-0.39, 0.29) is 6.10 Å². The fourth-order valence-electron chi connectivity index (χ4n) is 1.80. The molecule has 2 aromatic heterocycles. The van der Waals surface area contributed by atoms with Gasteiger partial charge in [0.05, 0.1) is 22.8 Å². The third-order valence-electron chi connectivity index (χ3n) is 2.76. The van der Waals surface area contributed by atoms with Crippen molar-refractivity contribution in [2.24, 2.45) is 0 Å². The molecule has 1 aliphatic rings. The number of halogens is 2. The molecule has 0 aliphatic carbocycles. The summed E-state index contributed by atoms with van der Waals surface area (Å²) in [6.45, 7) is 1.10. The van der Waals surface area contributed by atoms with E-state index >= 15 is 0 Å². The van der Waals surface area contributed by atoms with Gasteiger partial charge in [-0.15, -0.1) is 10.2 Å². The summed E-state index contributed by atoms with van der Waals surface area (Å²) in [6.07, 6.45) is 2.84. The average molecular weight is 320 g/mol. The summed E-state index contributed by atoms with van der Waals surface area (Å²) in [5.74, 6) is 0.800. The minimum absolute atomic E-state index is 0.181. The molecule has 0 amide bonds. The van der Waals surface area contributed by atoms with Crippen LogP contribution in [0.2, 0.25) is 10.0 Å². The lowest BCUT2D eigenvalue weighted by Gasteiger charge is -2.21. The molecule has 3 rings (SSSR count). The van der Waals surface area contributed by atoms with Crippen LogP contribution in [0.3, 0.4) is 0 Å². The molecule has 0 N–H and O–H groups in total. The van der Waals surface area contributed by atoms with Gasteiger partial charge in [-0.2, -0.15) is 0 Å². The monoisotopic (exact) mass is 319 g/mol. The number of aromatic nitrogens is 3. The van der Waals surface area contributed by atoms with Crippen LogP contribution in [-0.2, 0) is 9.47 Å². The Balaban J connectivity index is 1.77. The highest BCUT2D eigenvalue weighted by atomic mass is 35.5. The van der Waals surface area contributed by atoms with Gasteiger partial charge in [0.15, 0.2) is 10.8 Å². The molecule has 19 heavy (non-hydrogen) atoms. The van der Waals surface area contributed by atoms with Gasteiger partial charge >= 0.3 is 0 Å². The average Bonchev–Trinajstić information content (AvgIpc) is 2.81. The quantitative estimate of drug-likeness (QED) is 0.814. The summed E-state index contributed by atoms with van der Waals surface area (Å²) in [7, 11) is 0. The maximum atomic E-state index is 6.07. The molecule has 102 valence electrons. The van der Waals surface area contributed by atoms with Gasteiger partial charge in [-0.25, -0.2) is 0 Å². The molecular weight excluding hydrogens is 309 g/mol. The van der Waals surface area contributed by atoms with Gasteiger partial charge in [0.25, 0.3) is 0 Å². The van der Waals surface area contributed by atoms with Crippen molar-refractivity contribution >= 4 is 40.6 Å². The van der Waals surface area contributed by atoms with E-state index in [1.165, 1.54) is 0 Å². The highest BCUT2D eigenvalue weighted by Gasteiger charge is 2.17. The minimum atomic E-state index is 0.181. The molecule has 1 fully saturated rings. The van der Waals surface area contributed by atoms with Crippen LogP contribution in [0.5, 0.6) is 0 Å². The van der Waals surface area contributed by atoms with Crippen LogP contribution < -0.4 is 0 Å². The number of hydrogen-bond donors (Lipinski definition) is 0. The summed E-state index contributed by atoms with van der Waals surface area (Å²) in [5, 5.41) is 10.00. The van der Waals surface area contributed by atoms with E-state index in [0.29, 0.717) is 22.5 Å². The molecule has 0 unspecified atom stereocenters. The zero-order valence-corrected chi connectivity index (χ0v) is 12.2. The largest absolute Gasteiger partial charge is 0.355 e. The van der Waals surface area contributed by atoms with Crippen molar-refractivity contribution in [3.8, 4) is 0 Å². The van der Waals surface area contributed by atoms with Crippen LogP contribution in [0.1, 0.15) is 6.42 Å². The Labute approximate surface area is 124 Å². The van der Waals surface area contributed by atoms with E-state index in [4.69, 9.17) is 32.7 Å². The zero-order chi connectivity index (χ0) is 13.2. The molecule has 0 saturated carbocycles. The predicted molar refractivity (Wildman–Crippen MR) is 74.0 cm³/mol. The van der Waals surface area contributed by atoms with E-state index in [0.717, 1.165) is 23.9 Å². The second-order valence-corrected chi connectivity index (χ2v) is 5.93. The van der Waals surface area contributed by atoms with Crippen LogP contribution in [0, 0.1) is 0 Å². The number of ether oxygens (including phenoxy) is 2. The number of pyridine rings is 1. The van der Waals surface area contributed by atoms with E-state index in [2.05, 4.69) is 10.2 Å². The first-order chi connectivity index (χ1) is 9.24. The lowest BCUT2D eigenvalue weighted by atomic mass is 10.3. The third-order valence-corrected chi connectivity index (χ3v) is 4.32. The van der Waals surface area contributed by atoms with Crippen LogP contribution >= 0.6 is 35.0 Å². The van der Waals surface area contributed by atoms with Gasteiger partial charge in [0, 0.05) is 11.9 Å². The predicted octanol–water partition coefficient (Wildman–Crippen LogP) is 2.89. The molecule has 1 aliphatic heterocycles. The van der Waals surface area contributed by atoms with E-state index in [1.54, 1.807) is 28.4 Å². The highest BCUT2D eigenvalue weighted by molar-refractivity contribution is 7.99. The fraction of sp³-hybridized carbons (Fsp3) is 0.455. The van der Waals surface area contributed by atoms with Crippen LogP contribution in [0.25, 0.3) is 5.65 Å². The van der Waals surface area contributed by atoms with Gasteiger partial charge in [0.1, 0.15) is 6.79 Å². The van der Waals surface area contributed by atoms with Crippen molar-refractivity contribution in [2.45, 2.75) is 17.7 Å². The minimum Gasteiger partial charge on any atom is -0.355 e. The number of hydrogen-bond acceptors (Lipinski definition) is 5. The molecule has 5 nitrogen and oxygen atoms in total. The van der Waals surface area contributed by atoms with Crippen molar-refractivity contribution in [1.82, 2.24) is 14.6 Å². The Bertz CT molecular complexity index is 587. The van der Waals surface area contributed by atoms with Gasteiger partial charge in [-0.1, -0.05) is 35.0 Å². The first kappa shape index (κ1) is 13.5. The molecule has 0 radical (unpaired) electrons. The maximum absolute atomic E-state index is 6.07. The third kappa shape index (κ3) is 2.98. The lowest BCUT2D eigenvalue weighted by molar-refractivity contribution is -0.130. The van der Waals surface area contributed by atoms with Crippen molar-refractivity contribution < 1.29 is 9.47 Å². The fourth-order valence-corrected chi connectivity index (χ4v) is 3.28. The molecule has 3 heterocycles. The number of thioether (sulfide) groups is 1. The zero-order valence-electron chi connectivity index (χ0n) is 9.88. The Morgan fingerprint density at radius 2 is 2.32 bits per heavy atom. The van der Waals surface area contributed by atoms with Crippen LogP contribution in [0.4, 0.5) is 0 Å². The van der Waals surface area contributed by atoms with Gasteiger partial charge < -0.3 is 9.47 Å². The molecule has 0 bridgehead atoms. The first-order valence-corrected chi connectivity index (χ1v) is 7.50. The normalized spacial score (nSPS) is 20.0. The van der Waals surface area contributed by atoms with Gasteiger partial charge in [0.2, 0.25) is 0 Å². The summed E-state index contributed by atoms with van der Waals surface area (Å²) in [5.41, 5.74) is 0.612. The van der Waals surface area contributed by atoms with Gasteiger partial charge in [-0.3, -0.25) is 4.40 Å². The number of fused-ring (bicyclic) bond motifs is 1. The SMILES string of the molecule is Clc1cc(Cl)c2nnc(SC[C@@H]3CCOCO3)n2c1. The highest BCUT2D eigenvalue weighted by Crippen LogP contribution is 2.26. The summed E-state index contributed by atoms with van der Waals surface area (Å²) < 4.78 is 12.4. The van der Waals surface area contributed by atoms with E-state index in [9.17, 15) is 0 Å². The van der Waals surface area contributed by atoms with Crippen molar-refractivity contribution in [1.29, 1.82) is 0 Å². The standard InChI is InChI=1S/C11H11Cl2N3O2S/c12-7-3-9(13)10-14-15-11(16(10)4-7)19-5-8-1-2-17-6-18-8/h3-4,8H,1-2,5-6H2/t8-/m0/s1. The smallest absolute Gasteiger partial charge is 0.195 e. The second-order valence-electron chi connectivity index (χ2n) is 4.10. The Kier molecular flexibility index (Phi) is 4.14. The number of rotatable bonds is 3. The van der Waals surface area contributed by atoms with Crippen LogP contribution in [0.15, 0.2) is 17.4 Å². The number of nitrogens with zero attached hydrogens (tertiary/aromatic N) is 3. The molecule has 2 aromatic rings. The maximum Gasteiger partial charge on any atom is 0.195 e. The van der Waals surface area contributed by atoms with Crippen molar-refractivity contribution in [2.75, 3.05) is 19.2 Å². The molecule has 0 aromatic carbocycles. The van der Waals surface area contributed by atoms with Crippen LogP contribution in [-0.4, -0.2) is 39.9 Å². The van der Waals surface area contributed by atoms with E-state index < -0.39 is 0 Å². The second kappa shape index (κ2) is 5.85. The lowest BCUT2D eigenvalue weighted by Crippen LogP contribution is -2.25. The molecule has 1 saturated heterocycles. The summed E-state index contributed by atoms with van der Waals surface area (Å²) >= 11 is 13.6. The molecule has 8 heteroatoms. The van der Waals surface area contributed by atoms with Crippen molar-refractivity contribution in [3.05, 3.63) is 22.3 Å². The topological polar surface area (TPSA) is 48.7 Å². The summed E-state index contributed by atoms with van der Waals surface area (Å²) in [4.78, 5) is 0. The van der Waals surface area contributed by atoms with Crippen molar-refractivity contribution in [3.63, 3.8) is 0 Å². The molecular formula is C11H11Cl2N3O2S. The Morgan fingerprint density at radius 3 is 3.11 bits per heavy atom.